The molecule has 1 rings (SSSR count). The minimum Gasteiger partial charge on any atom is -0.279 e. The summed E-state index contributed by atoms with van der Waals surface area (Å²) < 4.78 is 3.28. The minimum atomic E-state index is 0.879. The Balaban J connectivity index is 2.97. The Morgan fingerprint density at radius 3 is 2.12 bits per heavy atom. The van der Waals surface area contributed by atoms with Crippen molar-refractivity contribution >= 4 is 66.8 Å². The van der Waals surface area contributed by atoms with Gasteiger partial charge in [0.2, 0.25) is 0 Å². The summed E-state index contributed by atoms with van der Waals surface area (Å²) in [5.74, 6) is 0. The number of hydrogen-bond acceptors (Lipinski definition) is 2. The van der Waals surface area contributed by atoms with E-state index >= 15 is 0 Å². The molecule has 0 unspecified atom stereocenters. The predicted molar refractivity (Wildman–Crippen MR) is 87.0 cm³/mol. The third-order valence-electron chi connectivity index (χ3n) is 1.98. The Morgan fingerprint density at radius 1 is 1.19 bits per heavy atom. The Kier molecular flexibility index (Phi) is 6.48. The first-order chi connectivity index (χ1) is 7.58. The van der Waals surface area contributed by atoms with E-state index in [2.05, 4.69) is 85.3 Å². The average molecular weight is 508 g/mol. The van der Waals surface area contributed by atoms with Crippen molar-refractivity contribution in [2.45, 2.75) is 13.8 Å². The van der Waals surface area contributed by atoms with Crippen LogP contribution in [0.4, 0.5) is 5.69 Å². The van der Waals surface area contributed by atoms with Gasteiger partial charge in [-0.2, -0.15) is 0 Å². The number of benzene rings is 1. The van der Waals surface area contributed by atoms with Gasteiger partial charge in [0.1, 0.15) is 5.69 Å². The largest absolute Gasteiger partial charge is 0.279 e. The highest BCUT2D eigenvalue weighted by atomic mass is 127. The van der Waals surface area contributed by atoms with Crippen molar-refractivity contribution in [1.29, 1.82) is 0 Å². The Labute approximate surface area is 131 Å². The molecule has 6 heteroatoms. The van der Waals surface area contributed by atoms with Crippen LogP contribution in [0.25, 0.3) is 0 Å². The van der Waals surface area contributed by atoms with E-state index in [1.807, 2.05) is 17.1 Å². The van der Waals surface area contributed by atoms with E-state index < -0.39 is 0 Å². The molecule has 0 saturated heterocycles. The molecule has 0 aliphatic heterocycles. The van der Waals surface area contributed by atoms with Crippen molar-refractivity contribution in [3.8, 4) is 0 Å². The van der Waals surface area contributed by atoms with Crippen molar-refractivity contribution in [3.05, 3.63) is 23.7 Å². The van der Waals surface area contributed by atoms with Crippen molar-refractivity contribution in [2.75, 3.05) is 13.1 Å². The monoisotopic (exact) mass is 507 g/mol. The molecule has 0 saturated carbocycles. The Bertz CT molecular complexity index is 369. The SMILES string of the molecule is CCN(CC)/N=N/c1c(I)cc(Br)cc1I. The normalized spacial score (nSPS) is 11.1. The smallest absolute Gasteiger partial charge is 0.114 e. The quantitative estimate of drug-likeness (QED) is 0.320. The highest BCUT2D eigenvalue weighted by Crippen LogP contribution is 2.31. The molecule has 0 bridgehead atoms. The molecule has 0 aromatic heterocycles. The summed E-state index contributed by atoms with van der Waals surface area (Å²) in [6.45, 7) is 5.90. The first kappa shape index (κ1) is 14.6. The standard InChI is InChI=1S/C10H12BrI2N3/c1-3-16(4-2)15-14-10-8(12)5-7(11)6-9(10)13/h5-6H,3-4H2,1-2H3/b15-14+. The van der Waals surface area contributed by atoms with Gasteiger partial charge in [0, 0.05) is 24.7 Å². The highest BCUT2D eigenvalue weighted by molar-refractivity contribution is 14.1. The number of hydrogen-bond donors (Lipinski definition) is 0. The van der Waals surface area contributed by atoms with Gasteiger partial charge in [0.15, 0.2) is 0 Å². The van der Waals surface area contributed by atoms with E-state index in [1.165, 1.54) is 0 Å². The summed E-state index contributed by atoms with van der Waals surface area (Å²) in [5, 5.41) is 10.4. The van der Waals surface area contributed by atoms with Crippen LogP contribution >= 0.6 is 61.1 Å². The molecule has 88 valence electrons. The third kappa shape index (κ3) is 4.10. The maximum atomic E-state index is 4.30. The van der Waals surface area contributed by atoms with E-state index in [0.717, 1.165) is 30.4 Å². The summed E-state index contributed by atoms with van der Waals surface area (Å²) in [6, 6.07) is 4.08. The summed E-state index contributed by atoms with van der Waals surface area (Å²) in [7, 11) is 0. The fourth-order valence-electron chi connectivity index (χ4n) is 1.09. The maximum Gasteiger partial charge on any atom is 0.114 e. The van der Waals surface area contributed by atoms with Crippen LogP contribution in [0.2, 0.25) is 0 Å². The van der Waals surface area contributed by atoms with Crippen LogP contribution in [0.15, 0.2) is 26.9 Å². The van der Waals surface area contributed by atoms with Crippen LogP contribution in [0.1, 0.15) is 13.8 Å². The molecule has 0 aliphatic carbocycles. The van der Waals surface area contributed by atoms with Gasteiger partial charge < -0.3 is 0 Å². The molecule has 0 fully saturated rings. The van der Waals surface area contributed by atoms with Gasteiger partial charge in [-0.15, -0.1) is 5.11 Å². The van der Waals surface area contributed by atoms with Gasteiger partial charge in [0.05, 0.1) is 0 Å². The van der Waals surface area contributed by atoms with Gasteiger partial charge in [-0.1, -0.05) is 21.2 Å². The fraction of sp³-hybridized carbons (Fsp3) is 0.400. The van der Waals surface area contributed by atoms with Gasteiger partial charge >= 0.3 is 0 Å². The van der Waals surface area contributed by atoms with Crippen LogP contribution in [0.5, 0.6) is 0 Å². The molecule has 3 nitrogen and oxygen atoms in total. The topological polar surface area (TPSA) is 28.0 Å². The molecule has 1 aromatic carbocycles. The van der Waals surface area contributed by atoms with E-state index in [1.54, 1.807) is 0 Å². The maximum absolute atomic E-state index is 4.30. The van der Waals surface area contributed by atoms with Crippen molar-refractivity contribution in [1.82, 2.24) is 5.01 Å². The van der Waals surface area contributed by atoms with Crippen molar-refractivity contribution < 1.29 is 0 Å². The molecule has 0 atom stereocenters. The second-order valence-corrected chi connectivity index (χ2v) is 6.29. The number of nitrogens with zero attached hydrogens (tertiary/aromatic N) is 3. The van der Waals surface area contributed by atoms with Gasteiger partial charge in [-0.3, -0.25) is 5.01 Å². The lowest BCUT2D eigenvalue weighted by molar-refractivity contribution is 0.300. The lowest BCUT2D eigenvalue weighted by atomic mass is 10.3. The van der Waals surface area contributed by atoms with Gasteiger partial charge in [-0.25, -0.2) is 0 Å². The number of rotatable bonds is 4. The zero-order chi connectivity index (χ0) is 12.1. The third-order valence-corrected chi connectivity index (χ3v) is 4.09. The molecular formula is C10H12BrI2N3. The summed E-state index contributed by atoms with van der Waals surface area (Å²) in [4.78, 5) is 0. The van der Waals surface area contributed by atoms with E-state index in [9.17, 15) is 0 Å². The van der Waals surface area contributed by atoms with Crippen molar-refractivity contribution in [3.63, 3.8) is 0 Å². The predicted octanol–water partition coefficient (Wildman–Crippen LogP) is 5.00. The lowest BCUT2D eigenvalue weighted by Gasteiger charge is -2.11. The van der Waals surface area contributed by atoms with Crippen LogP contribution in [-0.4, -0.2) is 18.1 Å². The van der Waals surface area contributed by atoms with Crippen molar-refractivity contribution in [2.24, 2.45) is 10.3 Å². The molecule has 16 heavy (non-hydrogen) atoms. The first-order valence-electron chi connectivity index (χ1n) is 4.89. The second-order valence-electron chi connectivity index (χ2n) is 3.05. The Hall–Kier alpha value is 0.560. The van der Waals surface area contributed by atoms with Crippen LogP contribution in [-0.2, 0) is 0 Å². The molecule has 0 radical (unpaired) electrons. The first-order valence-corrected chi connectivity index (χ1v) is 7.84. The summed E-state index contributed by atoms with van der Waals surface area (Å²) in [6.07, 6.45) is 0. The second kappa shape index (κ2) is 7.10. The average Bonchev–Trinajstić information content (AvgIpc) is 2.22. The summed E-state index contributed by atoms with van der Waals surface area (Å²) >= 11 is 8.01. The van der Waals surface area contributed by atoms with Crippen LogP contribution in [0.3, 0.4) is 0 Å². The molecule has 0 amide bonds. The minimum absolute atomic E-state index is 0.879. The lowest BCUT2D eigenvalue weighted by Crippen LogP contribution is -2.14. The van der Waals surface area contributed by atoms with Crippen LogP contribution < -0.4 is 0 Å². The molecule has 0 N–H and O–H groups in total. The highest BCUT2D eigenvalue weighted by Gasteiger charge is 2.06. The van der Waals surface area contributed by atoms with Crippen LogP contribution in [0, 0.1) is 7.14 Å². The number of halogens is 3. The molecule has 0 heterocycles. The Morgan fingerprint density at radius 2 is 1.69 bits per heavy atom. The fourth-order valence-corrected chi connectivity index (χ4v) is 4.39. The molecular weight excluding hydrogens is 496 g/mol. The molecule has 0 aliphatic rings. The van der Waals surface area contributed by atoms with Gasteiger partial charge in [-0.05, 0) is 71.2 Å². The molecule has 0 spiro atoms. The van der Waals surface area contributed by atoms with E-state index in [4.69, 9.17) is 0 Å². The van der Waals surface area contributed by atoms with E-state index in [0.29, 0.717) is 0 Å². The zero-order valence-electron chi connectivity index (χ0n) is 9.04. The van der Waals surface area contributed by atoms with Gasteiger partial charge in [0.25, 0.3) is 0 Å². The van der Waals surface area contributed by atoms with E-state index in [-0.39, 0.29) is 0 Å². The molecule has 1 aromatic rings. The zero-order valence-corrected chi connectivity index (χ0v) is 14.9. The summed E-state index contributed by atoms with van der Waals surface area (Å²) in [5.41, 5.74) is 0.941.